The fraction of sp³-hybridized carbons (Fsp3) is 0.476. The van der Waals surface area contributed by atoms with Crippen LogP contribution in [0.2, 0.25) is 5.02 Å². The van der Waals surface area contributed by atoms with Gasteiger partial charge in [-0.3, -0.25) is 19.2 Å². The van der Waals surface area contributed by atoms with Gasteiger partial charge >= 0.3 is 0 Å². The first kappa shape index (κ1) is 23.5. The lowest BCUT2D eigenvalue weighted by atomic mass is 9.97. The van der Waals surface area contributed by atoms with E-state index in [1.807, 2.05) is 13.8 Å². The standard InChI is InChI=1S/C21H27ClN6O4/c1-10(2)8-15(20(31)26-14(17(23)29)9-11-6-7-24-19(11)30)27-21(32)18-25-13-5-3-4-12(22)16(13)28-18/h3-5,10-11,14-15H,6-9H2,1-2H3,(H2,23,29)(H,24,30)(H,25,28)(H,26,31)(H,27,32). The first-order valence-corrected chi connectivity index (χ1v) is 10.9. The van der Waals surface area contributed by atoms with E-state index in [1.165, 1.54) is 0 Å². The van der Waals surface area contributed by atoms with Crippen molar-refractivity contribution < 1.29 is 19.2 Å². The van der Waals surface area contributed by atoms with Crippen LogP contribution in [-0.4, -0.2) is 52.2 Å². The zero-order valence-electron chi connectivity index (χ0n) is 17.9. The van der Waals surface area contributed by atoms with Crippen molar-refractivity contribution in [1.29, 1.82) is 0 Å². The topological polar surface area (TPSA) is 159 Å². The van der Waals surface area contributed by atoms with Gasteiger partial charge in [-0.25, -0.2) is 4.98 Å². The van der Waals surface area contributed by atoms with Gasteiger partial charge in [0.25, 0.3) is 5.91 Å². The number of carbonyl (C=O) groups is 4. The van der Waals surface area contributed by atoms with Crippen molar-refractivity contribution in [1.82, 2.24) is 25.9 Å². The number of fused-ring (bicyclic) bond motifs is 1. The fourth-order valence-electron chi connectivity index (χ4n) is 3.71. The third kappa shape index (κ3) is 5.56. The third-order valence-electron chi connectivity index (χ3n) is 5.35. The highest BCUT2D eigenvalue weighted by molar-refractivity contribution is 6.35. The molecule has 3 atom stereocenters. The molecule has 2 heterocycles. The number of para-hydroxylation sites is 1. The van der Waals surface area contributed by atoms with Crippen molar-refractivity contribution in [3.63, 3.8) is 0 Å². The van der Waals surface area contributed by atoms with Crippen LogP contribution in [0.15, 0.2) is 18.2 Å². The van der Waals surface area contributed by atoms with Crippen LogP contribution in [-0.2, 0) is 14.4 Å². The number of H-pyrrole nitrogens is 1. The number of aromatic amines is 1. The Hall–Kier alpha value is -3.14. The number of nitrogens with two attached hydrogens (primary N) is 1. The Balaban J connectivity index is 1.72. The molecule has 2 aromatic rings. The summed E-state index contributed by atoms with van der Waals surface area (Å²) in [4.78, 5) is 56.6. The molecule has 11 heteroatoms. The van der Waals surface area contributed by atoms with Crippen molar-refractivity contribution in [3.05, 3.63) is 29.0 Å². The van der Waals surface area contributed by atoms with E-state index < -0.39 is 35.7 Å². The predicted octanol–water partition coefficient (Wildman–Crippen LogP) is 0.857. The van der Waals surface area contributed by atoms with Crippen LogP contribution in [0.3, 0.4) is 0 Å². The molecule has 1 aromatic carbocycles. The molecule has 10 nitrogen and oxygen atoms in total. The maximum absolute atomic E-state index is 13.0. The molecule has 4 amide bonds. The average molecular weight is 463 g/mol. The van der Waals surface area contributed by atoms with Crippen LogP contribution < -0.4 is 21.7 Å². The minimum atomic E-state index is -1.02. The van der Waals surface area contributed by atoms with Crippen LogP contribution in [0.4, 0.5) is 0 Å². The molecule has 6 N–H and O–H groups in total. The number of carbonyl (C=O) groups excluding carboxylic acids is 4. The van der Waals surface area contributed by atoms with Crippen molar-refractivity contribution in [2.75, 3.05) is 6.54 Å². The van der Waals surface area contributed by atoms with E-state index in [0.717, 1.165) is 0 Å². The summed E-state index contributed by atoms with van der Waals surface area (Å²) in [5, 5.41) is 8.39. The Morgan fingerprint density at radius 3 is 2.59 bits per heavy atom. The lowest BCUT2D eigenvalue weighted by molar-refractivity contribution is -0.130. The summed E-state index contributed by atoms with van der Waals surface area (Å²) in [6.07, 6.45) is 1.00. The molecule has 0 saturated carbocycles. The van der Waals surface area contributed by atoms with E-state index in [1.54, 1.807) is 18.2 Å². The van der Waals surface area contributed by atoms with E-state index in [-0.39, 0.29) is 24.1 Å². The van der Waals surface area contributed by atoms with Gasteiger partial charge in [-0.15, -0.1) is 0 Å². The largest absolute Gasteiger partial charge is 0.368 e. The van der Waals surface area contributed by atoms with Crippen LogP contribution in [0, 0.1) is 11.8 Å². The molecular weight excluding hydrogens is 436 g/mol. The van der Waals surface area contributed by atoms with E-state index >= 15 is 0 Å². The number of benzene rings is 1. The van der Waals surface area contributed by atoms with Crippen molar-refractivity contribution in [2.24, 2.45) is 17.6 Å². The number of nitrogens with zero attached hydrogens (tertiary/aromatic N) is 1. The normalized spacial score (nSPS) is 17.8. The summed E-state index contributed by atoms with van der Waals surface area (Å²) in [6, 6.07) is 3.16. The molecule has 3 rings (SSSR count). The van der Waals surface area contributed by atoms with Crippen LogP contribution >= 0.6 is 11.6 Å². The van der Waals surface area contributed by atoms with E-state index in [9.17, 15) is 19.2 Å². The molecule has 1 aliphatic heterocycles. The lowest BCUT2D eigenvalue weighted by Crippen LogP contribution is -2.54. The number of aromatic nitrogens is 2. The zero-order chi connectivity index (χ0) is 23.4. The first-order valence-electron chi connectivity index (χ1n) is 10.5. The summed E-state index contributed by atoms with van der Waals surface area (Å²) in [6.45, 7) is 4.33. The van der Waals surface area contributed by atoms with E-state index in [0.29, 0.717) is 35.4 Å². The Bertz CT molecular complexity index is 1040. The zero-order valence-corrected chi connectivity index (χ0v) is 18.7. The maximum Gasteiger partial charge on any atom is 0.287 e. The first-order chi connectivity index (χ1) is 15.2. The number of hydrogen-bond acceptors (Lipinski definition) is 5. The number of imidazole rings is 1. The number of amides is 4. The minimum Gasteiger partial charge on any atom is -0.368 e. The van der Waals surface area contributed by atoms with Crippen molar-refractivity contribution in [3.8, 4) is 0 Å². The molecule has 0 aliphatic carbocycles. The number of halogens is 1. The third-order valence-corrected chi connectivity index (χ3v) is 5.67. The second kappa shape index (κ2) is 9.99. The average Bonchev–Trinajstić information content (AvgIpc) is 3.33. The van der Waals surface area contributed by atoms with Crippen LogP contribution in [0.25, 0.3) is 11.0 Å². The minimum absolute atomic E-state index is 0.0173. The van der Waals surface area contributed by atoms with Gasteiger partial charge in [0.1, 0.15) is 12.1 Å². The quantitative estimate of drug-likeness (QED) is 0.373. The summed E-state index contributed by atoms with van der Waals surface area (Å²) in [5.41, 5.74) is 6.50. The Labute approximate surface area is 190 Å². The van der Waals surface area contributed by atoms with Crippen molar-refractivity contribution in [2.45, 2.75) is 45.2 Å². The Kier molecular flexibility index (Phi) is 7.34. The molecule has 1 aliphatic rings. The number of nitrogens with one attached hydrogen (secondary N) is 4. The number of hydrogen-bond donors (Lipinski definition) is 5. The molecule has 3 unspecified atom stereocenters. The van der Waals surface area contributed by atoms with Crippen LogP contribution in [0.1, 0.15) is 43.7 Å². The lowest BCUT2D eigenvalue weighted by Gasteiger charge is -2.23. The summed E-state index contributed by atoms with van der Waals surface area (Å²) in [7, 11) is 0. The highest BCUT2D eigenvalue weighted by atomic mass is 35.5. The van der Waals surface area contributed by atoms with Gasteiger partial charge in [-0.05, 0) is 37.3 Å². The molecule has 0 bridgehead atoms. The smallest absolute Gasteiger partial charge is 0.287 e. The molecule has 0 radical (unpaired) electrons. The highest BCUT2D eigenvalue weighted by Gasteiger charge is 2.32. The second-order valence-electron chi connectivity index (χ2n) is 8.35. The van der Waals surface area contributed by atoms with Gasteiger partial charge in [0, 0.05) is 12.5 Å². The maximum atomic E-state index is 13.0. The van der Waals surface area contributed by atoms with Gasteiger partial charge in [0.2, 0.25) is 17.7 Å². The van der Waals surface area contributed by atoms with Gasteiger partial charge < -0.3 is 26.7 Å². The van der Waals surface area contributed by atoms with Gasteiger partial charge in [-0.2, -0.15) is 0 Å². The van der Waals surface area contributed by atoms with Crippen molar-refractivity contribution >= 4 is 46.3 Å². The molecule has 32 heavy (non-hydrogen) atoms. The van der Waals surface area contributed by atoms with Crippen LogP contribution in [0.5, 0.6) is 0 Å². The van der Waals surface area contributed by atoms with E-state index in [2.05, 4.69) is 25.9 Å². The SMILES string of the molecule is CC(C)CC(NC(=O)c1nc2cccc(Cl)c2[nH]1)C(=O)NC(CC1CCNC1=O)C(N)=O. The fourth-order valence-corrected chi connectivity index (χ4v) is 3.92. The monoisotopic (exact) mass is 462 g/mol. The molecular formula is C21H27ClN6O4. The Morgan fingerprint density at radius 2 is 2.00 bits per heavy atom. The molecule has 0 spiro atoms. The predicted molar refractivity (Wildman–Crippen MR) is 119 cm³/mol. The molecule has 1 aromatic heterocycles. The Morgan fingerprint density at radius 1 is 1.25 bits per heavy atom. The van der Waals surface area contributed by atoms with E-state index in [4.69, 9.17) is 17.3 Å². The second-order valence-corrected chi connectivity index (χ2v) is 8.76. The molecule has 172 valence electrons. The number of primary amides is 1. The summed E-state index contributed by atoms with van der Waals surface area (Å²) in [5.74, 6) is -2.34. The number of rotatable bonds is 9. The summed E-state index contributed by atoms with van der Waals surface area (Å²) < 4.78 is 0. The van der Waals surface area contributed by atoms with Gasteiger partial charge in [0.15, 0.2) is 5.82 Å². The van der Waals surface area contributed by atoms with Gasteiger partial charge in [0.05, 0.1) is 16.1 Å². The van der Waals surface area contributed by atoms with Gasteiger partial charge in [-0.1, -0.05) is 31.5 Å². The highest BCUT2D eigenvalue weighted by Crippen LogP contribution is 2.21. The summed E-state index contributed by atoms with van der Waals surface area (Å²) >= 11 is 6.13. The molecule has 1 fully saturated rings. The molecule has 1 saturated heterocycles.